The van der Waals surface area contributed by atoms with E-state index in [4.69, 9.17) is 0 Å². The third-order valence-corrected chi connectivity index (χ3v) is 4.28. The van der Waals surface area contributed by atoms with Crippen LogP contribution in [0.3, 0.4) is 0 Å². The van der Waals surface area contributed by atoms with Crippen LogP contribution in [0.15, 0.2) is 36.5 Å². The number of rotatable bonds is 4. The maximum absolute atomic E-state index is 11.9. The van der Waals surface area contributed by atoms with Gasteiger partial charge in [-0.3, -0.25) is 20.4 Å². The van der Waals surface area contributed by atoms with Gasteiger partial charge in [-0.2, -0.15) is 0 Å². The van der Waals surface area contributed by atoms with Crippen molar-refractivity contribution in [3.05, 3.63) is 36.5 Å². The summed E-state index contributed by atoms with van der Waals surface area (Å²) in [6, 6.07) is 9.87. The average molecular weight is 299 g/mol. The fourth-order valence-electron chi connectivity index (χ4n) is 3.14. The summed E-state index contributed by atoms with van der Waals surface area (Å²) < 4.78 is 1.87. The molecule has 0 unspecified atom stereocenters. The fraction of sp³-hybridized carbons (Fsp3) is 0.412. The standard InChI is InChI=1S/C17H21N3O2/c21-16(11-13-5-1-2-6-13)18-19-17(22)12-20-10-9-14-7-3-4-8-15(14)20/h3-4,7-10,13H,1-2,5-6,11-12H2,(H,18,21)(H,19,22). The lowest BCUT2D eigenvalue weighted by Gasteiger charge is -2.11. The van der Waals surface area contributed by atoms with E-state index in [0.29, 0.717) is 12.3 Å². The fourth-order valence-corrected chi connectivity index (χ4v) is 3.14. The number of aromatic nitrogens is 1. The van der Waals surface area contributed by atoms with Crippen molar-refractivity contribution in [2.75, 3.05) is 0 Å². The first-order valence-corrected chi connectivity index (χ1v) is 7.84. The highest BCUT2D eigenvalue weighted by molar-refractivity contribution is 5.85. The molecule has 116 valence electrons. The highest BCUT2D eigenvalue weighted by atomic mass is 16.2. The van der Waals surface area contributed by atoms with Gasteiger partial charge in [0.2, 0.25) is 5.91 Å². The average Bonchev–Trinajstić information content (AvgIpc) is 3.16. The Hall–Kier alpha value is -2.30. The van der Waals surface area contributed by atoms with Crippen LogP contribution in [0.5, 0.6) is 0 Å². The normalized spacial score (nSPS) is 15.1. The molecule has 2 N–H and O–H groups in total. The van der Waals surface area contributed by atoms with Crippen molar-refractivity contribution >= 4 is 22.7 Å². The zero-order chi connectivity index (χ0) is 15.4. The topological polar surface area (TPSA) is 63.1 Å². The van der Waals surface area contributed by atoms with Gasteiger partial charge in [0.25, 0.3) is 5.91 Å². The Kier molecular flexibility index (Phi) is 4.42. The first-order chi connectivity index (χ1) is 10.7. The Morgan fingerprint density at radius 1 is 1.05 bits per heavy atom. The number of carbonyl (C=O) groups is 2. The van der Waals surface area contributed by atoms with E-state index in [9.17, 15) is 9.59 Å². The molecule has 22 heavy (non-hydrogen) atoms. The Balaban J connectivity index is 1.49. The number of hydrogen-bond acceptors (Lipinski definition) is 2. The molecule has 1 heterocycles. The lowest BCUT2D eigenvalue weighted by atomic mass is 10.0. The first-order valence-electron chi connectivity index (χ1n) is 7.84. The lowest BCUT2D eigenvalue weighted by Crippen LogP contribution is -2.43. The molecule has 1 aliphatic rings. The number of amides is 2. The van der Waals surface area contributed by atoms with E-state index in [1.165, 1.54) is 12.8 Å². The molecule has 5 heteroatoms. The number of carbonyl (C=O) groups excluding carboxylic acids is 2. The summed E-state index contributed by atoms with van der Waals surface area (Å²) in [6.07, 6.45) is 7.06. The first kappa shape index (κ1) is 14.6. The molecule has 1 aliphatic carbocycles. The van der Waals surface area contributed by atoms with E-state index in [1.807, 2.05) is 41.1 Å². The van der Waals surface area contributed by atoms with Crippen LogP contribution in [0.1, 0.15) is 32.1 Å². The van der Waals surface area contributed by atoms with Gasteiger partial charge in [0.15, 0.2) is 0 Å². The summed E-state index contributed by atoms with van der Waals surface area (Å²) in [5.74, 6) is 0.157. The van der Waals surface area contributed by atoms with Crippen LogP contribution < -0.4 is 10.9 Å². The van der Waals surface area contributed by atoms with Crippen molar-refractivity contribution in [3.63, 3.8) is 0 Å². The number of hydrogen-bond donors (Lipinski definition) is 2. The third-order valence-electron chi connectivity index (χ3n) is 4.28. The zero-order valence-electron chi connectivity index (χ0n) is 12.5. The van der Waals surface area contributed by atoms with E-state index in [1.54, 1.807) is 0 Å². The summed E-state index contributed by atoms with van der Waals surface area (Å²) >= 11 is 0. The van der Waals surface area contributed by atoms with Crippen LogP contribution in [0.25, 0.3) is 10.9 Å². The largest absolute Gasteiger partial charge is 0.338 e. The number of fused-ring (bicyclic) bond motifs is 1. The minimum Gasteiger partial charge on any atom is -0.338 e. The molecular formula is C17H21N3O2. The van der Waals surface area contributed by atoms with E-state index >= 15 is 0 Å². The van der Waals surface area contributed by atoms with Gasteiger partial charge in [-0.1, -0.05) is 31.0 Å². The van der Waals surface area contributed by atoms with Crippen LogP contribution in [0.2, 0.25) is 0 Å². The number of benzene rings is 1. The number of nitrogens with zero attached hydrogens (tertiary/aromatic N) is 1. The van der Waals surface area contributed by atoms with Crippen LogP contribution in [0.4, 0.5) is 0 Å². The van der Waals surface area contributed by atoms with E-state index in [-0.39, 0.29) is 18.4 Å². The highest BCUT2D eigenvalue weighted by Gasteiger charge is 2.18. The molecule has 2 aromatic rings. The molecule has 3 rings (SSSR count). The van der Waals surface area contributed by atoms with Crippen LogP contribution >= 0.6 is 0 Å². The van der Waals surface area contributed by atoms with Crippen molar-refractivity contribution in [2.45, 2.75) is 38.6 Å². The predicted octanol–water partition coefficient (Wildman–Crippen LogP) is 2.37. The summed E-state index contributed by atoms with van der Waals surface area (Å²) in [5, 5.41) is 1.10. The molecule has 0 aliphatic heterocycles. The molecule has 1 fully saturated rings. The minimum absolute atomic E-state index is 0.0994. The number of hydrazine groups is 1. The Labute approximate surface area is 129 Å². The molecule has 0 radical (unpaired) electrons. The van der Waals surface area contributed by atoms with E-state index in [2.05, 4.69) is 10.9 Å². The predicted molar refractivity (Wildman–Crippen MR) is 84.8 cm³/mol. The Morgan fingerprint density at radius 3 is 2.59 bits per heavy atom. The molecule has 0 atom stereocenters. The second kappa shape index (κ2) is 6.64. The van der Waals surface area contributed by atoms with Crippen LogP contribution in [-0.2, 0) is 16.1 Å². The Morgan fingerprint density at radius 2 is 1.77 bits per heavy atom. The molecular weight excluding hydrogens is 278 g/mol. The monoisotopic (exact) mass is 299 g/mol. The molecule has 2 amide bonds. The maximum Gasteiger partial charge on any atom is 0.258 e. The van der Waals surface area contributed by atoms with Gasteiger partial charge < -0.3 is 4.57 Å². The van der Waals surface area contributed by atoms with Crippen LogP contribution in [-0.4, -0.2) is 16.4 Å². The molecule has 0 saturated heterocycles. The quantitative estimate of drug-likeness (QED) is 0.851. The number of nitrogens with one attached hydrogen (secondary N) is 2. The van der Waals surface area contributed by atoms with Gasteiger partial charge in [-0.25, -0.2) is 0 Å². The minimum atomic E-state index is -0.221. The maximum atomic E-state index is 11.9. The van der Waals surface area contributed by atoms with Gasteiger partial charge in [-0.15, -0.1) is 0 Å². The summed E-state index contributed by atoms with van der Waals surface area (Å²) in [5.41, 5.74) is 6.03. The molecule has 0 spiro atoms. The van der Waals surface area contributed by atoms with Gasteiger partial charge in [0.05, 0.1) is 0 Å². The SMILES string of the molecule is O=C(CC1CCCC1)NNC(=O)Cn1ccc2ccccc21. The van der Waals surface area contributed by atoms with Gasteiger partial charge in [0.1, 0.15) is 6.54 Å². The highest BCUT2D eigenvalue weighted by Crippen LogP contribution is 2.27. The zero-order valence-corrected chi connectivity index (χ0v) is 12.5. The third kappa shape index (κ3) is 3.47. The Bertz CT molecular complexity index is 671. The summed E-state index contributed by atoms with van der Waals surface area (Å²) in [7, 11) is 0. The van der Waals surface area contributed by atoms with Crippen molar-refractivity contribution in [2.24, 2.45) is 5.92 Å². The van der Waals surface area contributed by atoms with Crippen LogP contribution in [0, 0.1) is 5.92 Å². The molecule has 1 aromatic carbocycles. The van der Waals surface area contributed by atoms with E-state index in [0.717, 1.165) is 23.7 Å². The van der Waals surface area contributed by atoms with Gasteiger partial charge in [0, 0.05) is 18.1 Å². The van der Waals surface area contributed by atoms with Crippen molar-refractivity contribution in [3.8, 4) is 0 Å². The molecule has 5 nitrogen and oxygen atoms in total. The second-order valence-electron chi connectivity index (χ2n) is 5.95. The smallest absolute Gasteiger partial charge is 0.258 e. The van der Waals surface area contributed by atoms with Crippen molar-refractivity contribution < 1.29 is 9.59 Å². The summed E-state index contributed by atoms with van der Waals surface area (Å²) in [4.78, 5) is 23.7. The van der Waals surface area contributed by atoms with E-state index < -0.39 is 0 Å². The molecule has 1 saturated carbocycles. The van der Waals surface area contributed by atoms with Crippen molar-refractivity contribution in [1.29, 1.82) is 0 Å². The number of para-hydroxylation sites is 1. The lowest BCUT2D eigenvalue weighted by molar-refractivity contribution is -0.129. The van der Waals surface area contributed by atoms with Gasteiger partial charge >= 0.3 is 0 Å². The molecule has 1 aromatic heterocycles. The second-order valence-corrected chi connectivity index (χ2v) is 5.95. The summed E-state index contributed by atoms with van der Waals surface area (Å²) in [6.45, 7) is 0.192. The van der Waals surface area contributed by atoms with Gasteiger partial charge in [-0.05, 0) is 36.3 Å². The van der Waals surface area contributed by atoms with Crippen molar-refractivity contribution in [1.82, 2.24) is 15.4 Å². The molecule has 0 bridgehead atoms.